The van der Waals surface area contributed by atoms with Crippen LogP contribution in [0.15, 0.2) is 54.6 Å². The fraction of sp³-hybridized carbons (Fsp3) is 0.235. The Hall–Kier alpha value is -2.51. The van der Waals surface area contributed by atoms with Crippen molar-refractivity contribution in [1.82, 2.24) is 24.7 Å². The third-order valence-corrected chi connectivity index (χ3v) is 4.01. The number of ether oxygens (including phenoxy) is 1. The van der Waals surface area contributed by atoms with Crippen LogP contribution in [0, 0.1) is 4.77 Å². The van der Waals surface area contributed by atoms with Crippen molar-refractivity contribution in [3.8, 4) is 11.4 Å². The Morgan fingerprint density at radius 2 is 1.75 bits per heavy atom. The maximum absolute atomic E-state index is 5.49. The summed E-state index contributed by atoms with van der Waals surface area (Å²) in [6.07, 6.45) is 0. The monoisotopic (exact) mass is 341 g/mol. The van der Waals surface area contributed by atoms with Gasteiger partial charge in [-0.15, -0.1) is 0 Å². The van der Waals surface area contributed by atoms with Gasteiger partial charge in [-0.1, -0.05) is 30.3 Å². The quantitative estimate of drug-likeness (QED) is 0.645. The van der Waals surface area contributed by atoms with Crippen molar-refractivity contribution in [3.63, 3.8) is 0 Å². The number of hydrogen-bond acceptors (Lipinski definition) is 5. The first kappa shape index (κ1) is 16.4. The summed E-state index contributed by atoms with van der Waals surface area (Å²) < 4.78 is 9.08. The van der Waals surface area contributed by atoms with E-state index in [0.717, 1.165) is 18.0 Å². The van der Waals surface area contributed by atoms with Gasteiger partial charge >= 0.3 is 0 Å². The Kier molecular flexibility index (Phi) is 5.02. The summed E-state index contributed by atoms with van der Waals surface area (Å²) in [6.45, 7) is 1.39. The van der Waals surface area contributed by atoms with Crippen LogP contribution in [0.2, 0.25) is 0 Å². The Morgan fingerprint density at radius 3 is 2.42 bits per heavy atom. The van der Waals surface area contributed by atoms with Crippen molar-refractivity contribution in [2.45, 2.75) is 13.2 Å². The van der Waals surface area contributed by atoms with Gasteiger partial charge in [0.25, 0.3) is 0 Å². The molecule has 0 unspecified atom stereocenters. The van der Waals surface area contributed by atoms with E-state index in [1.807, 2.05) is 49.5 Å². The van der Waals surface area contributed by atoms with Crippen LogP contribution < -0.4 is 4.74 Å². The number of hydrogen-bond donors (Lipinski definition) is 0. The maximum Gasteiger partial charge on any atom is 0.221 e. The van der Waals surface area contributed by atoms with E-state index in [9.17, 15) is 0 Å². The van der Waals surface area contributed by atoms with Gasteiger partial charge in [-0.05, 0) is 59.5 Å². The summed E-state index contributed by atoms with van der Waals surface area (Å²) in [6, 6.07) is 17.8. The Labute approximate surface area is 145 Å². The molecule has 0 bridgehead atoms. The summed E-state index contributed by atoms with van der Waals surface area (Å²) in [7, 11) is 3.67. The number of tetrazole rings is 1. The molecule has 0 radical (unpaired) electrons. The van der Waals surface area contributed by atoms with Gasteiger partial charge < -0.3 is 4.74 Å². The SMILES string of the molecule is COc1ccc(-n2nnn(CN(C)Cc3ccccc3)c2=S)cc1. The summed E-state index contributed by atoms with van der Waals surface area (Å²) in [5.74, 6) is 0.792. The van der Waals surface area contributed by atoms with E-state index in [2.05, 4.69) is 27.5 Å². The van der Waals surface area contributed by atoms with Crippen LogP contribution in [-0.4, -0.2) is 38.8 Å². The zero-order chi connectivity index (χ0) is 16.9. The van der Waals surface area contributed by atoms with E-state index in [-0.39, 0.29) is 0 Å². The summed E-state index contributed by atoms with van der Waals surface area (Å²) in [4.78, 5) is 2.14. The minimum absolute atomic E-state index is 0.556. The molecule has 124 valence electrons. The van der Waals surface area contributed by atoms with Crippen molar-refractivity contribution in [3.05, 3.63) is 64.9 Å². The highest BCUT2D eigenvalue weighted by Gasteiger charge is 2.08. The maximum atomic E-state index is 5.49. The third kappa shape index (κ3) is 3.69. The van der Waals surface area contributed by atoms with E-state index in [1.54, 1.807) is 16.5 Å². The van der Waals surface area contributed by atoms with Crippen LogP contribution in [0.4, 0.5) is 0 Å². The smallest absolute Gasteiger partial charge is 0.221 e. The summed E-state index contributed by atoms with van der Waals surface area (Å²) >= 11 is 5.49. The van der Waals surface area contributed by atoms with Gasteiger partial charge in [0, 0.05) is 6.54 Å². The number of aromatic nitrogens is 4. The molecule has 0 spiro atoms. The first-order valence-corrected chi connectivity index (χ1v) is 7.98. The molecular formula is C17H19N5OS. The normalized spacial score (nSPS) is 11.0. The lowest BCUT2D eigenvalue weighted by molar-refractivity contribution is 0.242. The third-order valence-electron chi connectivity index (χ3n) is 3.63. The first-order chi connectivity index (χ1) is 11.7. The molecule has 7 heteroatoms. The Morgan fingerprint density at radius 1 is 1.04 bits per heavy atom. The second kappa shape index (κ2) is 7.37. The molecule has 24 heavy (non-hydrogen) atoms. The topological polar surface area (TPSA) is 48.1 Å². The fourth-order valence-corrected chi connectivity index (χ4v) is 2.66. The molecule has 0 saturated heterocycles. The number of nitrogens with zero attached hydrogens (tertiary/aromatic N) is 5. The molecule has 3 aromatic rings. The summed E-state index contributed by atoms with van der Waals surface area (Å²) in [5, 5.41) is 8.33. The van der Waals surface area contributed by atoms with Crippen LogP contribution in [-0.2, 0) is 13.2 Å². The second-order valence-electron chi connectivity index (χ2n) is 5.51. The lowest BCUT2D eigenvalue weighted by atomic mass is 10.2. The highest BCUT2D eigenvalue weighted by atomic mass is 32.1. The second-order valence-corrected chi connectivity index (χ2v) is 5.88. The van der Waals surface area contributed by atoms with E-state index in [4.69, 9.17) is 17.0 Å². The predicted molar refractivity (Wildman–Crippen MR) is 94.6 cm³/mol. The fourth-order valence-electron chi connectivity index (χ4n) is 2.42. The van der Waals surface area contributed by atoms with Crippen molar-refractivity contribution in [2.75, 3.05) is 14.2 Å². The average Bonchev–Trinajstić information content (AvgIpc) is 2.96. The molecule has 1 aromatic heterocycles. The molecule has 0 fully saturated rings. The van der Waals surface area contributed by atoms with Crippen LogP contribution in [0.5, 0.6) is 5.75 Å². The van der Waals surface area contributed by atoms with Gasteiger partial charge in [-0.25, -0.2) is 4.68 Å². The van der Waals surface area contributed by atoms with Crippen LogP contribution in [0.1, 0.15) is 5.56 Å². The molecule has 0 aliphatic carbocycles. The van der Waals surface area contributed by atoms with Crippen molar-refractivity contribution >= 4 is 12.2 Å². The van der Waals surface area contributed by atoms with Gasteiger partial charge in [0.1, 0.15) is 5.75 Å². The minimum atomic E-state index is 0.556. The van der Waals surface area contributed by atoms with Crippen molar-refractivity contribution < 1.29 is 4.74 Å². The molecule has 0 amide bonds. The molecule has 1 heterocycles. The van der Waals surface area contributed by atoms with Gasteiger partial charge in [0.15, 0.2) is 0 Å². The Bertz CT molecular complexity index is 841. The highest BCUT2D eigenvalue weighted by molar-refractivity contribution is 7.71. The lowest BCUT2D eigenvalue weighted by Crippen LogP contribution is -2.22. The van der Waals surface area contributed by atoms with Gasteiger partial charge in [0.2, 0.25) is 4.77 Å². The number of benzene rings is 2. The van der Waals surface area contributed by atoms with Crippen molar-refractivity contribution in [2.24, 2.45) is 0 Å². The molecule has 3 rings (SSSR count). The zero-order valence-corrected chi connectivity index (χ0v) is 14.5. The molecular weight excluding hydrogens is 322 g/mol. The Balaban J connectivity index is 1.73. The van der Waals surface area contributed by atoms with Crippen molar-refractivity contribution in [1.29, 1.82) is 0 Å². The van der Waals surface area contributed by atoms with Crippen LogP contribution in [0.25, 0.3) is 5.69 Å². The number of methoxy groups -OCH3 is 1. The largest absolute Gasteiger partial charge is 0.497 e. The zero-order valence-electron chi connectivity index (χ0n) is 13.7. The number of rotatable bonds is 6. The van der Waals surface area contributed by atoms with E-state index < -0.39 is 0 Å². The molecule has 0 aliphatic heterocycles. The van der Waals surface area contributed by atoms with Gasteiger partial charge in [-0.3, -0.25) is 4.90 Å². The first-order valence-electron chi connectivity index (χ1n) is 7.57. The van der Waals surface area contributed by atoms with E-state index in [0.29, 0.717) is 11.4 Å². The average molecular weight is 341 g/mol. The molecule has 0 N–H and O–H groups in total. The lowest BCUT2D eigenvalue weighted by Gasteiger charge is -2.15. The molecule has 6 nitrogen and oxygen atoms in total. The molecule has 0 saturated carbocycles. The summed E-state index contributed by atoms with van der Waals surface area (Å²) in [5.41, 5.74) is 2.10. The van der Waals surface area contributed by atoms with Crippen LogP contribution in [0.3, 0.4) is 0 Å². The molecule has 0 atom stereocenters. The molecule has 0 aliphatic rings. The van der Waals surface area contributed by atoms with Gasteiger partial charge in [0.05, 0.1) is 19.5 Å². The standard InChI is InChI=1S/C17H19N5OS/c1-20(12-14-6-4-3-5-7-14)13-21-17(24)22(19-18-21)15-8-10-16(23-2)11-9-15/h3-11H,12-13H2,1-2H3. The van der Waals surface area contributed by atoms with Crippen LogP contribution >= 0.6 is 12.2 Å². The minimum Gasteiger partial charge on any atom is -0.497 e. The predicted octanol–water partition coefficient (Wildman–Crippen LogP) is 2.90. The van der Waals surface area contributed by atoms with E-state index in [1.165, 1.54) is 5.56 Å². The molecule has 2 aromatic carbocycles. The van der Waals surface area contributed by atoms with E-state index >= 15 is 0 Å². The highest BCUT2D eigenvalue weighted by Crippen LogP contribution is 2.14. The van der Waals surface area contributed by atoms with Gasteiger partial charge in [-0.2, -0.15) is 4.68 Å².